The highest BCUT2D eigenvalue weighted by atomic mass is 16.5. The molecule has 0 aromatic heterocycles. The first-order chi connectivity index (χ1) is 12.9. The number of esters is 1. The van der Waals surface area contributed by atoms with E-state index in [0.29, 0.717) is 6.61 Å². The van der Waals surface area contributed by atoms with E-state index in [4.69, 9.17) is 9.47 Å². The van der Waals surface area contributed by atoms with Gasteiger partial charge in [-0.2, -0.15) is 0 Å². The fourth-order valence-electron chi connectivity index (χ4n) is 2.74. The van der Waals surface area contributed by atoms with Crippen molar-refractivity contribution in [3.63, 3.8) is 0 Å². The zero-order valence-electron chi connectivity index (χ0n) is 16.2. The molecule has 5 heteroatoms. The molecule has 0 aliphatic heterocycles. The van der Waals surface area contributed by atoms with Crippen LogP contribution in [0.1, 0.15) is 29.2 Å². The van der Waals surface area contributed by atoms with E-state index >= 15 is 0 Å². The second-order valence-electron chi connectivity index (χ2n) is 6.26. The molecule has 0 spiro atoms. The van der Waals surface area contributed by atoms with E-state index in [1.165, 1.54) is 6.08 Å². The lowest BCUT2D eigenvalue weighted by molar-refractivity contribution is -0.142. The minimum atomic E-state index is -0.573. The van der Waals surface area contributed by atoms with E-state index in [-0.39, 0.29) is 12.5 Å². The van der Waals surface area contributed by atoms with Crippen LogP contribution >= 0.6 is 0 Å². The van der Waals surface area contributed by atoms with Crippen LogP contribution in [-0.2, 0) is 14.3 Å². The predicted molar refractivity (Wildman–Crippen MR) is 107 cm³/mol. The molecule has 2 rings (SSSR count). The Morgan fingerprint density at radius 1 is 1.04 bits per heavy atom. The molecule has 142 valence electrons. The lowest BCUT2D eigenvalue weighted by Gasteiger charge is -2.12. The third kappa shape index (κ3) is 6.29. The van der Waals surface area contributed by atoms with Crippen LogP contribution in [0.5, 0.6) is 5.75 Å². The largest absolute Gasteiger partial charge is 0.494 e. The summed E-state index contributed by atoms with van der Waals surface area (Å²) in [5.41, 5.74) is 4.68. The Labute approximate surface area is 160 Å². The number of amides is 1. The predicted octanol–water partition coefficient (Wildman–Crippen LogP) is 4.21. The number of ether oxygens (including phenoxy) is 2. The van der Waals surface area contributed by atoms with E-state index < -0.39 is 5.97 Å². The summed E-state index contributed by atoms with van der Waals surface area (Å²) in [4.78, 5) is 23.9. The summed E-state index contributed by atoms with van der Waals surface area (Å²) in [5, 5.41) is 2.80. The molecule has 0 heterocycles. The van der Waals surface area contributed by atoms with Crippen molar-refractivity contribution in [1.29, 1.82) is 0 Å². The highest BCUT2D eigenvalue weighted by Crippen LogP contribution is 2.21. The number of hydrogen-bond acceptors (Lipinski definition) is 4. The van der Waals surface area contributed by atoms with Crippen molar-refractivity contribution >= 4 is 23.6 Å². The number of carbonyl (C=O) groups excluding carboxylic acids is 2. The minimum absolute atomic E-state index is 0.334. The van der Waals surface area contributed by atoms with E-state index in [2.05, 4.69) is 5.32 Å². The first-order valence-electron chi connectivity index (χ1n) is 8.84. The van der Waals surface area contributed by atoms with Crippen LogP contribution in [0.3, 0.4) is 0 Å². The van der Waals surface area contributed by atoms with Crippen molar-refractivity contribution in [3.05, 3.63) is 64.7 Å². The molecule has 2 aromatic carbocycles. The molecule has 1 N–H and O–H groups in total. The molecule has 0 bridgehead atoms. The first kappa shape index (κ1) is 20.2. The average Bonchev–Trinajstić information content (AvgIpc) is 2.62. The molecular formula is C22H25NO4. The van der Waals surface area contributed by atoms with Crippen molar-refractivity contribution in [3.8, 4) is 5.75 Å². The third-order valence-electron chi connectivity index (χ3n) is 3.89. The van der Waals surface area contributed by atoms with Crippen LogP contribution < -0.4 is 10.1 Å². The van der Waals surface area contributed by atoms with Gasteiger partial charge in [-0.3, -0.25) is 4.79 Å². The van der Waals surface area contributed by atoms with Crippen molar-refractivity contribution in [2.75, 3.05) is 18.5 Å². The average molecular weight is 367 g/mol. The molecule has 0 atom stereocenters. The van der Waals surface area contributed by atoms with Gasteiger partial charge in [-0.15, -0.1) is 0 Å². The van der Waals surface area contributed by atoms with Crippen LogP contribution in [0.25, 0.3) is 6.08 Å². The van der Waals surface area contributed by atoms with Crippen molar-refractivity contribution in [2.45, 2.75) is 27.7 Å². The smallest absolute Gasteiger partial charge is 0.331 e. The highest BCUT2D eigenvalue weighted by molar-refractivity contribution is 5.95. The Hall–Kier alpha value is -3.08. The number of benzene rings is 2. The molecule has 0 aliphatic rings. The lowest BCUT2D eigenvalue weighted by Crippen LogP contribution is -2.21. The Morgan fingerprint density at radius 3 is 2.26 bits per heavy atom. The summed E-state index contributed by atoms with van der Waals surface area (Å²) in [6.07, 6.45) is 2.93. The molecular weight excluding hydrogens is 342 g/mol. The Kier molecular flexibility index (Phi) is 7.17. The molecule has 0 unspecified atom stereocenters. The van der Waals surface area contributed by atoms with Crippen molar-refractivity contribution in [2.24, 2.45) is 0 Å². The van der Waals surface area contributed by atoms with Gasteiger partial charge in [0.05, 0.1) is 6.61 Å². The first-order valence-corrected chi connectivity index (χ1v) is 8.84. The lowest BCUT2D eigenvalue weighted by atomic mass is 10.1. The molecule has 27 heavy (non-hydrogen) atoms. The summed E-state index contributed by atoms with van der Waals surface area (Å²) in [5.74, 6) is -0.167. The number of anilines is 1. The van der Waals surface area contributed by atoms with Crippen molar-refractivity contribution < 1.29 is 19.1 Å². The van der Waals surface area contributed by atoms with Gasteiger partial charge in [0, 0.05) is 11.8 Å². The van der Waals surface area contributed by atoms with E-state index in [9.17, 15) is 9.59 Å². The van der Waals surface area contributed by atoms with Gasteiger partial charge in [0.25, 0.3) is 5.91 Å². The van der Waals surface area contributed by atoms with Crippen LogP contribution in [0.4, 0.5) is 5.69 Å². The number of rotatable bonds is 7. The van der Waals surface area contributed by atoms with Crippen LogP contribution in [0.2, 0.25) is 0 Å². The molecule has 0 saturated carbocycles. The van der Waals surface area contributed by atoms with Gasteiger partial charge in [0.15, 0.2) is 6.61 Å². The maximum Gasteiger partial charge on any atom is 0.331 e. The number of nitrogens with one attached hydrogen (secondary N) is 1. The van der Waals surface area contributed by atoms with E-state index in [1.54, 1.807) is 6.08 Å². The Balaban J connectivity index is 1.85. The van der Waals surface area contributed by atoms with Gasteiger partial charge in [-0.05, 0) is 62.6 Å². The number of hydrogen-bond donors (Lipinski definition) is 1. The molecule has 2 aromatic rings. The SMILES string of the molecule is CCOc1ccc(/C=C/C(=O)OCC(=O)Nc2c(C)cc(C)cc2C)cc1. The fraction of sp³-hybridized carbons (Fsp3) is 0.273. The number of carbonyl (C=O) groups is 2. The van der Waals surface area contributed by atoms with Gasteiger partial charge in [0.2, 0.25) is 0 Å². The van der Waals surface area contributed by atoms with E-state index in [1.807, 2.05) is 64.1 Å². The van der Waals surface area contributed by atoms with Crippen LogP contribution in [-0.4, -0.2) is 25.1 Å². The van der Waals surface area contributed by atoms with Gasteiger partial charge in [0.1, 0.15) is 5.75 Å². The quantitative estimate of drug-likeness (QED) is 0.588. The summed E-state index contributed by atoms with van der Waals surface area (Å²) in [7, 11) is 0. The number of aryl methyl sites for hydroxylation is 3. The molecule has 1 amide bonds. The van der Waals surface area contributed by atoms with Gasteiger partial charge < -0.3 is 14.8 Å². The summed E-state index contributed by atoms with van der Waals surface area (Å²) < 4.78 is 10.4. The maximum atomic E-state index is 12.1. The monoisotopic (exact) mass is 367 g/mol. The Morgan fingerprint density at radius 2 is 1.67 bits per heavy atom. The topological polar surface area (TPSA) is 64.6 Å². The van der Waals surface area contributed by atoms with E-state index in [0.717, 1.165) is 33.7 Å². The molecule has 0 aliphatic carbocycles. The van der Waals surface area contributed by atoms with Gasteiger partial charge >= 0.3 is 5.97 Å². The molecule has 5 nitrogen and oxygen atoms in total. The van der Waals surface area contributed by atoms with Crippen molar-refractivity contribution in [1.82, 2.24) is 0 Å². The summed E-state index contributed by atoms with van der Waals surface area (Å²) >= 11 is 0. The molecule has 0 fully saturated rings. The second-order valence-corrected chi connectivity index (χ2v) is 6.26. The summed E-state index contributed by atoms with van der Waals surface area (Å²) in [6, 6.07) is 11.3. The van der Waals surface area contributed by atoms with Crippen LogP contribution in [0, 0.1) is 20.8 Å². The minimum Gasteiger partial charge on any atom is -0.494 e. The highest BCUT2D eigenvalue weighted by Gasteiger charge is 2.10. The third-order valence-corrected chi connectivity index (χ3v) is 3.89. The zero-order valence-corrected chi connectivity index (χ0v) is 16.2. The van der Waals surface area contributed by atoms with Gasteiger partial charge in [-0.1, -0.05) is 29.8 Å². The molecule has 0 radical (unpaired) electrons. The standard InChI is InChI=1S/C22H25NO4/c1-5-26-19-9-6-18(7-10-19)8-11-21(25)27-14-20(24)23-22-16(3)12-15(2)13-17(22)4/h6-13H,5,14H2,1-4H3,(H,23,24)/b11-8+. The van der Waals surface area contributed by atoms with Crippen LogP contribution in [0.15, 0.2) is 42.5 Å². The zero-order chi connectivity index (χ0) is 19.8. The normalized spacial score (nSPS) is 10.7. The van der Waals surface area contributed by atoms with Gasteiger partial charge in [-0.25, -0.2) is 4.79 Å². The fourth-order valence-corrected chi connectivity index (χ4v) is 2.74. The second kappa shape index (κ2) is 9.57. The summed E-state index contributed by atoms with van der Waals surface area (Å²) in [6.45, 7) is 8.05. The molecule has 0 saturated heterocycles. The Bertz CT molecular complexity index is 815. The maximum absolute atomic E-state index is 12.1.